The molecule has 6 heteroatoms. The van der Waals surface area contributed by atoms with Crippen LogP contribution in [-0.4, -0.2) is 31.6 Å². The fraction of sp³-hybridized carbons (Fsp3) is 0.269. The quantitative estimate of drug-likeness (QED) is 0.548. The van der Waals surface area contributed by atoms with Crippen LogP contribution >= 0.6 is 0 Å². The average Bonchev–Trinajstić information content (AvgIpc) is 2.85. The van der Waals surface area contributed by atoms with Crippen LogP contribution in [0.1, 0.15) is 42.2 Å². The van der Waals surface area contributed by atoms with E-state index < -0.39 is 0 Å². The van der Waals surface area contributed by atoms with Gasteiger partial charge in [-0.25, -0.2) is 0 Å². The Morgan fingerprint density at radius 2 is 1.62 bits per heavy atom. The van der Waals surface area contributed by atoms with E-state index in [4.69, 9.17) is 19.2 Å². The molecule has 0 aliphatic carbocycles. The predicted molar refractivity (Wildman–Crippen MR) is 125 cm³/mol. The van der Waals surface area contributed by atoms with Crippen LogP contribution < -0.4 is 19.5 Å². The fourth-order valence-electron chi connectivity index (χ4n) is 4.01. The van der Waals surface area contributed by atoms with E-state index in [9.17, 15) is 5.11 Å². The first-order valence-corrected chi connectivity index (χ1v) is 10.7. The van der Waals surface area contributed by atoms with Crippen LogP contribution in [0.25, 0.3) is 0 Å². The number of benzene rings is 3. The zero-order valence-corrected chi connectivity index (χ0v) is 18.5. The summed E-state index contributed by atoms with van der Waals surface area (Å²) in [5, 5.41) is 14.5. The molecule has 0 saturated heterocycles. The van der Waals surface area contributed by atoms with Gasteiger partial charge < -0.3 is 19.3 Å². The first kappa shape index (κ1) is 21.7. The minimum absolute atomic E-state index is 0.154. The molecule has 166 valence electrons. The van der Waals surface area contributed by atoms with Crippen molar-refractivity contribution in [2.75, 3.05) is 20.8 Å². The van der Waals surface area contributed by atoms with Crippen LogP contribution in [0.15, 0.2) is 71.7 Å². The van der Waals surface area contributed by atoms with Gasteiger partial charge in [-0.05, 0) is 48.9 Å². The van der Waals surface area contributed by atoms with Crippen LogP contribution in [-0.2, 0) is 0 Å². The SMILES string of the molecule is CCOc1cccc([C@@H]2CC(c3ccc(OC)cc3)=N[C@@H](c3ccccc3OC)N2)c1O. The number of methoxy groups -OCH3 is 2. The van der Waals surface area contributed by atoms with E-state index in [1.54, 1.807) is 20.3 Å². The molecular formula is C26H28N2O4. The molecule has 0 bridgehead atoms. The van der Waals surface area contributed by atoms with Crippen molar-refractivity contribution in [3.63, 3.8) is 0 Å². The molecule has 0 radical (unpaired) electrons. The van der Waals surface area contributed by atoms with Gasteiger partial charge in [0.05, 0.1) is 20.8 Å². The van der Waals surface area contributed by atoms with E-state index in [-0.39, 0.29) is 18.0 Å². The van der Waals surface area contributed by atoms with E-state index in [0.29, 0.717) is 18.8 Å². The Balaban J connectivity index is 1.77. The number of phenols is 1. The van der Waals surface area contributed by atoms with Gasteiger partial charge in [-0.3, -0.25) is 10.3 Å². The van der Waals surface area contributed by atoms with Crippen molar-refractivity contribution < 1.29 is 19.3 Å². The number of hydrogen-bond donors (Lipinski definition) is 2. The lowest BCUT2D eigenvalue weighted by Gasteiger charge is -2.31. The van der Waals surface area contributed by atoms with Crippen molar-refractivity contribution in [3.05, 3.63) is 83.4 Å². The molecule has 0 spiro atoms. The molecule has 4 rings (SSSR count). The van der Waals surface area contributed by atoms with Crippen LogP contribution in [0.2, 0.25) is 0 Å². The summed E-state index contributed by atoms with van der Waals surface area (Å²) in [5.41, 5.74) is 3.66. The van der Waals surface area contributed by atoms with Gasteiger partial charge in [0, 0.05) is 29.3 Å². The van der Waals surface area contributed by atoms with Gasteiger partial charge >= 0.3 is 0 Å². The highest BCUT2D eigenvalue weighted by Gasteiger charge is 2.29. The standard InChI is InChI=1S/C26H28N2O4/c1-4-32-24-11-7-9-19(25(24)29)22-16-21(17-12-14-18(30-2)15-13-17)27-26(28-22)20-8-5-6-10-23(20)31-3/h5-15,22,26,28-29H,4,16H2,1-3H3/t22-,26+/m0/s1. The third-order valence-corrected chi connectivity index (χ3v) is 5.60. The van der Waals surface area contributed by atoms with Crippen LogP contribution in [0.4, 0.5) is 0 Å². The van der Waals surface area contributed by atoms with E-state index in [1.165, 1.54) is 0 Å². The molecule has 0 unspecified atom stereocenters. The lowest BCUT2D eigenvalue weighted by molar-refractivity contribution is 0.313. The van der Waals surface area contributed by atoms with Gasteiger partial charge in [0.15, 0.2) is 11.5 Å². The maximum atomic E-state index is 10.9. The zero-order chi connectivity index (χ0) is 22.5. The summed E-state index contributed by atoms with van der Waals surface area (Å²) in [7, 11) is 3.31. The summed E-state index contributed by atoms with van der Waals surface area (Å²) >= 11 is 0. The summed E-state index contributed by atoms with van der Waals surface area (Å²) in [6, 6.07) is 21.2. The number of hydrogen-bond acceptors (Lipinski definition) is 6. The van der Waals surface area contributed by atoms with Crippen molar-refractivity contribution in [1.29, 1.82) is 0 Å². The van der Waals surface area contributed by atoms with Crippen molar-refractivity contribution >= 4 is 5.71 Å². The Morgan fingerprint density at radius 3 is 2.34 bits per heavy atom. The minimum Gasteiger partial charge on any atom is -0.504 e. The molecule has 3 aromatic rings. The molecule has 1 aliphatic heterocycles. The second kappa shape index (κ2) is 9.75. The lowest BCUT2D eigenvalue weighted by atomic mass is 9.93. The second-order valence-corrected chi connectivity index (χ2v) is 7.50. The molecule has 32 heavy (non-hydrogen) atoms. The number of aliphatic imine (C=N–C) groups is 1. The Hall–Kier alpha value is -3.51. The van der Waals surface area contributed by atoms with Crippen LogP contribution in [0.5, 0.6) is 23.0 Å². The first-order valence-electron chi connectivity index (χ1n) is 10.7. The topological polar surface area (TPSA) is 72.3 Å². The fourth-order valence-corrected chi connectivity index (χ4v) is 4.01. The molecule has 1 heterocycles. The third kappa shape index (κ3) is 4.41. The molecule has 0 saturated carbocycles. The molecule has 3 aromatic carbocycles. The Morgan fingerprint density at radius 1 is 0.906 bits per heavy atom. The smallest absolute Gasteiger partial charge is 0.162 e. The average molecular weight is 433 g/mol. The normalized spacial score (nSPS) is 18.0. The number of phenolic OH excluding ortho intramolecular Hbond substituents is 1. The molecule has 6 nitrogen and oxygen atoms in total. The van der Waals surface area contributed by atoms with E-state index in [1.807, 2.05) is 67.6 Å². The maximum Gasteiger partial charge on any atom is 0.162 e. The van der Waals surface area contributed by atoms with E-state index in [2.05, 4.69) is 5.32 Å². The van der Waals surface area contributed by atoms with Gasteiger partial charge in [0.2, 0.25) is 0 Å². The Labute approximate surface area is 188 Å². The highest BCUT2D eigenvalue weighted by atomic mass is 16.5. The van der Waals surface area contributed by atoms with Crippen molar-refractivity contribution in [2.45, 2.75) is 25.6 Å². The largest absolute Gasteiger partial charge is 0.504 e. The molecule has 2 atom stereocenters. The van der Waals surface area contributed by atoms with Crippen molar-refractivity contribution in [1.82, 2.24) is 5.32 Å². The van der Waals surface area contributed by atoms with Gasteiger partial charge in [0.25, 0.3) is 0 Å². The number of nitrogens with one attached hydrogen (secondary N) is 1. The van der Waals surface area contributed by atoms with Gasteiger partial charge in [0.1, 0.15) is 17.7 Å². The van der Waals surface area contributed by atoms with Crippen LogP contribution in [0, 0.1) is 0 Å². The molecule has 1 aliphatic rings. The predicted octanol–water partition coefficient (Wildman–Crippen LogP) is 5.03. The monoisotopic (exact) mass is 432 g/mol. The molecule has 2 N–H and O–H groups in total. The second-order valence-electron chi connectivity index (χ2n) is 7.50. The summed E-state index contributed by atoms with van der Waals surface area (Å²) in [5.74, 6) is 2.19. The summed E-state index contributed by atoms with van der Waals surface area (Å²) in [6.07, 6.45) is 0.276. The van der Waals surface area contributed by atoms with Gasteiger partial charge in [-0.1, -0.05) is 30.3 Å². The number of para-hydroxylation sites is 2. The summed E-state index contributed by atoms with van der Waals surface area (Å²) in [4.78, 5) is 5.02. The van der Waals surface area contributed by atoms with Crippen molar-refractivity contribution in [3.8, 4) is 23.0 Å². The minimum atomic E-state index is -0.336. The van der Waals surface area contributed by atoms with Gasteiger partial charge in [-0.2, -0.15) is 0 Å². The van der Waals surface area contributed by atoms with Crippen molar-refractivity contribution in [2.24, 2.45) is 4.99 Å². The van der Waals surface area contributed by atoms with E-state index >= 15 is 0 Å². The summed E-state index contributed by atoms with van der Waals surface area (Å²) < 4.78 is 16.5. The highest BCUT2D eigenvalue weighted by molar-refractivity contribution is 6.01. The lowest BCUT2D eigenvalue weighted by Crippen LogP contribution is -2.33. The number of ether oxygens (including phenoxy) is 3. The summed E-state index contributed by atoms with van der Waals surface area (Å²) in [6.45, 7) is 2.38. The van der Waals surface area contributed by atoms with Gasteiger partial charge in [-0.15, -0.1) is 0 Å². The molecule has 0 amide bonds. The first-order chi connectivity index (χ1) is 15.6. The highest BCUT2D eigenvalue weighted by Crippen LogP contribution is 2.40. The van der Waals surface area contributed by atoms with Crippen LogP contribution in [0.3, 0.4) is 0 Å². The van der Waals surface area contributed by atoms with E-state index in [0.717, 1.165) is 33.9 Å². The zero-order valence-electron chi connectivity index (χ0n) is 18.5. The molecular weight excluding hydrogens is 404 g/mol. The maximum absolute atomic E-state index is 10.9. The molecule has 0 fully saturated rings. The number of nitrogens with zero attached hydrogens (tertiary/aromatic N) is 1. The third-order valence-electron chi connectivity index (χ3n) is 5.60. The Bertz CT molecular complexity index is 1100. The number of rotatable bonds is 7. The molecule has 0 aromatic heterocycles. The number of aromatic hydroxyl groups is 1. The Kier molecular flexibility index (Phi) is 6.61.